The van der Waals surface area contributed by atoms with Crippen LogP contribution in [0.2, 0.25) is 0 Å². The molecule has 1 saturated heterocycles. The molecule has 2 unspecified atom stereocenters. The number of nitrogens with zero attached hydrogens (tertiary/aromatic N) is 1. The van der Waals surface area contributed by atoms with Crippen molar-refractivity contribution in [2.45, 2.75) is 25.8 Å². The quantitative estimate of drug-likeness (QED) is 0.933. The maximum atomic E-state index is 12.3. The molecule has 1 aromatic heterocycles. The third-order valence-corrected chi connectivity index (χ3v) is 4.41. The van der Waals surface area contributed by atoms with Gasteiger partial charge in [-0.05, 0) is 25.7 Å². The molecule has 0 aromatic carbocycles. The Morgan fingerprint density at radius 3 is 2.95 bits per heavy atom. The molecule has 2 N–H and O–H groups in total. The van der Waals surface area contributed by atoms with Crippen LogP contribution < -0.4 is 10.5 Å². The lowest BCUT2D eigenvalue weighted by atomic mass is 9.92. The van der Waals surface area contributed by atoms with Crippen molar-refractivity contribution in [3.8, 4) is 5.75 Å². The molecule has 0 bridgehead atoms. The summed E-state index contributed by atoms with van der Waals surface area (Å²) in [6, 6.07) is 1.96. The molecule has 1 aromatic rings. The molecule has 2 atom stereocenters. The number of likely N-dealkylation sites (tertiary alicyclic amines) is 1. The summed E-state index contributed by atoms with van der Waals surface area (Å²) in [4.78, 5) is 15.0. The van der Waals surface area contributed by atoms with Crippen molar-refractivity contribution in [3.63, 3.8) is 0 Å². The first-order chi connectivity index (χ1) is 8.61. The number of nitrogens with two attached hydrogens (primary N) is 1. The van der Waals surface area contributed by atoms with E-state index >= 15 is 0 Å². The number of hydrogen-bond acceptors (Lipinski definition) is 4. The van der Waals surface area contributed by atoms with Crippen LogP contribution in [0.3, 0.4) is 0 Å². The summed E-state index contributed by atoms with van der Waals surface area (Å²) >= 11 is 1.44. The van der Waals surface area contributed by atoms with Gasteiger partial charge in [0.15, 0.2) is 0 Å². The van der Waals surface area contributed by atoms with E-state index in [1.807, 2.05) is 23.3 Å². The minimum Gasteiger partial charge on any atom is -0.496 e. The van der Waals surface area contributed by atoms with Crippen LogP contribution >= 0.6 is 23.7 Å². The zero-order valence-corrected chi connectivity index (χ0v) is 12.9. The van der Waals surface area contributed by atoms with Crippen LogP contribution in [-0.2, 0) is 0 Å². The number of halogens is 1. The molecular formula is C13H21ClN2O2S. The highest BCUT2D eigenvalue weighted by Crippen LogP contribution is 2.25. The summed E-state index contributed by atoms with van der Waals surface area (Å²) < 4.78 is 5.11. The predicted octanol–water partition coefficient (Wildman–Crippen LogP) is 2.38. The lowest BCUT2D eigenvalue weighted by Crippen LogP contribution is -2.44. The third-order valence-electron chi connectivity index (χ3n) is 3.51. The molecule has 4 nitrogen and oxygen atoms in total. The van der Waals surface area contributed by atoms with E-state index < -0.39 is 0 Å². The lowest BCUT2D eigenvalue weighted by Gasteiger charge is -2.34. The largest absolute Gasteiger partial charge is 0.496 e. The summed E-state index contributed by atoms with van der Waals surface area (Å²) in [5.74, 6) is 1.28. The zero-order valence-electron chi connectivity index (χ0n) is 11.3. The summed E-state index contributed by atoms with van der Waals surface area (Å²) in [5.41, 5.74) is 5.94. The average molecular weight is 305 g/mol. The number of carbonyl (C=O) groups is 1. The molecule has 1 amide bonds. The molecule has 1 aliphatic heterocycles. The van der Waals surface area contributed by atoms with E-state index in [1.165, 1.54) is 11.3 Å². The second-order valence-electron chi connectivity index (χ2n) is 4.86. The van der Waals surface area contributed by atoms with E-state index in [4.69, 9.17) is 10.5 Å². The van der Waals surface area contributed by atoms with E-state index in [0.717, 1.165) is 36.6 Å². The topological polar surface area (TPSA) is 55.6 Å². The van der Waals surface area contributed by atoms with E-state index in [1.54, 1.807) is 7.11 Å². The van der Waals surface area contributed by atoms with Gasteiger partial charge in [-0.2, -0.15) is 0 Å². The van der Waals surface area contributed by atoms with Gasteiger partial charge in [0, 0.05) is 30.6 Å². The molecule has 19 heavy (non-hydrogen) atoms. The lowest BCUT2D eigenvalue weighted by molar-refractivity contribution is 0.0665. The van der Waals surface area contributed by atoms with Gasteiger partial charge >= 0.3 is 0 Å². The molecule has 0 aliphatic carbocycles. The maximum Gasteiger partial charge on any atom is 0.264 e. The van der Waals surface area contributed by atoms with Crippen molar-refractivity contribution >= 4 is 29.7 Å². The van der Waals surface area contributed by atoms with Crippen LogP contribution in [-0.4, -0.2) is 37.0 Å². The number of amides is 1. The van der Waals surface area contributed by atoms with Gasteiger partial charge < -0.3 is 15.4 Å². The Labute approximate surface area is 124 Å². The Kier molecular flexibility index (Phi) is 6.10. The van der Waals surface area contributed by atoms with Gasteiger partial charge in [-0.3, -0.25) is 4.79 Å². The monoisotopic (exact) mass is 304 g/mol. The number of hydrogen-bond donors (Lipinski definition) is 1. The van der Waals surface area contributed by atoms with Crippen molar-refractivity contribution in [2.24, 2.45) is 11.7 Å². The van der Waals surface area contributed by atoms with Gasteiger partial charge in [0.2, 0.25) is 0 Å². The Morgan fingerprint density at radius 2 is 2.37 bits per heavy atom. The minimum atomic E-state index is 0. The van der Waals surface area contributed by atoms with Crippen LogP contribution in [0.1, 0.15) is 29.4 Å². The zero-order chi connectivity index (χ0) is 13.1. The highest BCUT2D eigenvalue weighted by molar-refractivity contribution is 7.12. The summed E-state index contributed by atoms with van der Waals surface area (Å²) in [6.45, 7) is 3.63. The third kappa shape index (κ3) is 3.84. The summed E-state index contributed by atoms with van der Waals surface area (Å²) in [5, 5.41) is 1.86. The van der Waals surface area contributed by atoms with E-state index in [2.05, 4.69) is 0 Å². The van der Waals surface area contributed by atoms with Crippen LogP contribution in [0, 0.1) is 5.92 Å². The van der Waals surface area contributed by atoms with Gasteiger partial charge in [-0.25, -0.2) is 0 Å². The Hall–Kier alpha value is -0.780. The number of ether oxygens (including phenoxy) is 1. The predicted molar refractivity (Wildman–Crippen MR) is 80.4 cm³/mol. The van der Waals surface area contributed by atoms with Crippen molar-refractivity contribution in [2.75, 3.05) is 20.2 Å². The highest BCUT2D eigenvalue weighted by Gasteiger charge is 2.27. The number of methoxy groups -OCH3 is 1. The van der Waals surface area contributed by atoms with Crippen molar-refractivity contribution in [1.29, 1.82) is 0 Å². The molecular weight excluding hydrogens is 284 g/mol. The number of rotatable bonds is 3. The molecule has 0 radical (unpaired) electrons. The fourth-order valence-electron chi connectivity index (χ4n) is 2.32. The molecule has 2 heterocycles. The van der Waals surface area contributed by atoms with Crippen LogP contribution in [0.5, 0.6) is 5.75 Å². The molecule has 0 saturated carbocycles. The minimum absolute atomic E-state index is 0. The molecule has 108 valence electrons. The molecule has 0 spiro atoms. The molecule has 1 aliphatic rings. The van der Waals surface area contributed by atoms with Gasteiger partial charge in [0.25, 0.3) is 5.91 Å². The Bertz CT molecular complexity index is 423. The fraction of sp³-hybridized carbons (Fsp3) is 0.615. The number of carbonyl (C=O) groups excluding carboxylic acids is 1. The first-order valence-corrected chi connectivity index (χ1v) is 7.17. The smallest absolute Gasteiger partial charge is 0.264 e. The van der Waals surface area contributed by atoms with Crippen LogP contribution in [0.4, 0.5) is 0 Å². The number of piperidine rings is 1. The molecule has 1 fully saturated rings. The van der Waals surface area contributed by atoms with Gasteiger partial charge in [0.05, 0.1) is 12.0 Å². The van der Waals surface area contributed by atoms with E-state index in [9.17, 15) is 4.79 Å². The van der Waals surface area contributed by atoms with E-state index in [0.29, 0.717) is 5.92 Å². The second-order valence-corrected chi connectivity index (χ2v) is 5.77. The average Bonchev–Trinajstić information content (AvgIpc) is 2.86. The number of thiophene rings is 1. The van der Waals surface area contributed by atoms with Crippen molar-refractivity contribution in [3.05, 3.63) is 16.3 Å². The SMILES string of the molecule is COc1csc(C(=O)N2CCCC(C(C)N)C2)c1.Cl. The first kappa shape index (κ1) is 16.3. The molecule has 2 rings (SSSR count). The molecule has 6 heteroatoms. The Balaban J connectivity index is 0.00000180. The van der Waals surface area contributed by atoms with Crippen LogP contribution in [0.25, 0.3) is 0 Å². The summed E-state index contributed by atoms with van der Waals surface area (Å²) in [6.07, 6.45) is 2.16. The standard InChI is InChI=1S/C13H20N2O2S.ClH/c1-9(14)10-4-3-5-15(7-10)13(16)12-6-11(17-2)8-18-12;/h6,8-10H,3-5,7,14H2,1-2H3;1H. The fourth-order valence-corrected chi connectivity index (χ4v) is 3.14. The van der Waals surface area contributed by atoms with E-state index in [-0.39, 0.29) is 24.4 Å². The van der Waals surface area contributed by atoms with Gasteiger partial charge in [-0.1, -0.05) is 0 Å². The van der Waals surface area contributed by atoms with Crippen molar-refractivity contribution < 1.29 is 9.53 Å². The second kappa shape index (κ2) is 7.12. The first-order valence-electron chi connectivity index (χ1n) is 6.29. The van der Waals surface area contributed by atoms with Crippen LogP contribution in [0.15, 0.2) is 11.4 Å². The highest BCUT2D eigenvalue weighted by atomic mass is 35.5. The van der Waals surface area contributed by atoms with Gasteiger partial charge in [0.1, 0.15) is 5.75 Å². The Morgan fingerprint density at radius 1 is 1.63 bits per heavy atom. The maximum absolute atomic E-state index is 12.3. The van der Waals surface area contributed by atoms with Gasteiger partial charge in [-0.15, -0.1) is 23.7 Å². The normalized spacial score (nSPS) is 20.6. The summed E-state index contributed by atoms with van der Waals surface area (Å²) in [7, 11) is 1.61. The van der Waals surface area contributed by atoms with Crippen molar-refractivity contribution in [1.82, 2.24) is 4.90 Å².